The Labute approximate surface area is 199 Å². The molecule has 3 rings (SSSR count). The second-order valence-corrected chi connectivity index (χ2v) is 9.95. The number of hydrogen-bond donors (Lipinski definition) is 3. The summed E-state index contributed by atoms with van der Waals surface area (Å²) in [5.74, 6) is 0.890. The van der Waals surface area contributed by atoms with Crippen LogP contribution in [0.15, 0.2) is 35.2 Å². The number of fused-ring (bicyclic) bond motifs is 1. The molecule has 4 nitrogen and oxygen atoms in total. The Morgan fingerprint density at radius 1 is 1.10 bits per heavy atom. The van der Waals surface area contributed by atoms with E-state index in [9.17, 15) is 10.2 Å². The Morgan fingerprint density at radius 2 is 1.87 bits per heavy atom. The third-order valence-corrected chi connectivity index (χ3v) is 7.81. The van der Waals surface area contributed by atoms with Gasteiger partial charge in [0.15, 0.2) is 11.5 Å². The molecule has 0 aromatic heterocycles. The van der Waals surface area contributed by atoms with Crippen LogP contribution in [-0.4, -0.2) is 40.1 Å². The summed E-state index contributed by atoms with van der Waals surface area (Å²) in [6, 6.07) is 9.52. The molecule has 0 radical (unpaired) electrons. The quantitative estimate of drug-likeness (QED) is 0.149. The van der Waals surface area contributed by atoms with Crippen molar-refractivity contribution in [3.8, 4) is 11.5 Å². The molecule has 0 heterocycles. The Balaban J connectivity index is 1.59. The average Bonchev–Trinajstić information content (AvgIpc) is 2.76. The van der Waals surface area contributed by atoms with Crippen LogP contribution in [0.4, 0.5) is 0 Å². The highest BCUT2D eigenvalue weighted by molar-refractivity contribution is 7.99. The number of benzene rings is 2. The molecule has 0 fully saturated rings. The highest BCUT2D eigenvalue weighted by Gasteiger charge is 2.26. The molecule has 0 spiro atoms. The van der Waals surface area contributed by atoms with Gasteiger partial charge in [-0.3, -0.25) is 5.43 Å². The number of thioether (sulfide) groups is 1. The van der Waals surface area contributed by atoms with Crippen molar-refractivity contribution < 1.29 is 10.2 Å². The molecule has 1 atom stereocenters. The summed E-state index contributed by atoms with van der Waals surface area (Å²) in [6.45, 7) is 4.05. The zero-order valence-corrected chi connectivity index (χ0v) is 20.4. The van der Waals surface area contributed by atoms with E-state index in [4.69, 9.17) is 23.2 Å². The van der Waals surface area contributed by atoms with Crippen LogP contribution in [0.25, 0.3) is 0 Å². The maximum absolute atomic E-state index is 10.2. The highest BCUT2D eigenvalue weighted by atomic mass is 35.5. The van der Waals surface area contributed by atoms with Crippen LogP contribution in [0, 0.1) is 0 Å². The first-order valence-electron chi connectivity index (χ1n) is 11.1. The number of nitrogens with zero attached hydrogens (tertiary/aromatic N) is 1. The molecule has 7 heteroatoms. The van der Waals surface area contributed by atoms with Gasteiger partial charge in [0.1, 0.15) is 0 Å². The number of phenolic OH excluding ortho intramolecular Hbond substituents is 2. The molecule has 0 saturated heterocycles. The lowest BCUT2D eigenvalue weighted by Crippen LogP contribution is -2.49. The number of phenols is 2. The lowest BCUT2D eigenvalue weighted by Gasteiger charge is -2.36. The fourth-order valence-electron chi connectivity index (χ4n) is 4.13. The van der Waals surface area contributed by atoms with Crippen LogP contribution in [0.2, 0.25) is 10.0 Å². The predicted octanol–water partition coefficient (Wildman–Crippen LogP) is 6.44. The Hall–Kier alpha value is -1.11. The van der Waals surface area contributed by atoms with E-state index >= 15 is 0 Å². The van der Waals surface area contributed by atoms with Crippen molar-refractivity contribution in [2.24, 2.45) is 0 Å². The van der Waals surface area contributed by atoms with Crippen molar-refractivity contribution in [2.45, 2.75) is 62.8 Å². The third kappa shape index (κ3) is 6.69. The second-order valence-electron chi connectivity index (χ2n) is 8.03. The monoisotopic (exact) mass is 482 g/mol. The van der Waals surface area contributed by atoms with Gasteiger partial charge in [0, 0.05) is 35.3 Å². The zero-order chi connectivity index (χ0) is 22.2. The van der Waals surface area contributed by atoms with Crippen LogP contribution in [0.1, 0.15) is 50.2 Å². The number of hydrazine groups is 1. The standard InChI is InChI=1S/C24H32Cl2N2O2S/c1-2-3-4-5-14-28(27-13-15-31-24-20(25)7-6-8-21(24)26)18-10-11-19-17(16-18)9-12-22(29)23(19)30/h6-9,12,18,27,29-30H,2-5,10-11,13-16H2,1H3. The summed E-state index contributed by atoms with van der Waals surface area (Å²) < 4.78 is 0. The first kappa shape index (κ1) is 24.5. The maximum atomic E-state index is 10.2. The SMILES string of the molecule is CCCCCCN(NCCSc1c(Cl)cccc1Cl)C1CCc2c(ccc(O)c2O)C1. The van der Waals surface area contributed by atoms with Gasteiger partial charge in [-0.1, -0.05) is 61.5 Å². The van der Waals surface area contributed by atoms with Gasteiger partial charge >= 0.3 is 0 Å². The van der Waals surface area contributed by atoms with Gasteiger partial charge in [-0.15, -0.1) is 11.8 Å². The smallest absolute Gasteiger partial charge is 0.160 e. The summed E-state index contributed by atoms with van der Waals surface area (Å²) >= 11 is 14.2. The molecule has 1 unspecified atom stereocenters. The summed E-state index contributed by atoms with van der Waals surface area (Å²) in [6.07, 6.45) is 7.47. The molecule has 31 heavy (non-hydrogen) atoms. The molecule has 0 amide bonds. The van der Waals surface area contributed by atoms with Gasteiger partial charge in [0.2, 0.25) is 0 Å². The number of nitrogens with one attached hydrogen (secondary N) is 1. The third-order valence-electron chi connectivity index (χ3n) is 5.82. The van der Waals surface area contributed by atoms with E-state index in [1.54, 1.807) is 17.8 Å². The first-order chi connectivity index (χ1) is 15.0. The van der Waals surface area contributed by atoms with Gasteiger partial charge in [0.25, 0.3) is 0 Å². The molecule has 2 aromatic rings. The topological polar surface area (TPSA) is 55.7 Å². The van der Waals surface area contributed by atoms with E-state index in [1.165, 1.54) is 19.3 Å². The van der Waals surface area contributed by atoms with E-state index in [2.05, 4.69) is 17.4 Å². The lowest BCUT2D eigenvalue weighted by molar-refractivity contribution is 0.112. The Bertz CT molecular complexity index is 845. The maximum Gasteiger partial charge on any atom is 0.160 e. The summed E-state index contributed by atoms with van der Waals surface area (Å²) in [7, 11) is 0. The van der Waals surface area contributed by atoms with Crippen molar-refractivity contribution in [3.05, 3.63) is 51.5 Å². The lowest BCUT2D eigenvalue weighted by atomic mass is 9.87. The minimum Gasteiger partial charge on any atom is -0.504 e. The van der Waals surface area contributed by atoms with E-state index in [0.29, 0.717) is 16.1 Å². The molecule has 2 aromatic carbocycles. The second kappa shape index (κ2) is 12.2. The molecule has 170 valence electrons. The summed E-state index contributed by atoms with van der Waals surface area (Å²) in [5.41, 5.74) is 5.67. The number of unbranched alkanes of at least 4 members (excludes halogenated alkanes) is 3. The molecule has 3 N–H and O–H groups in total. The van der Waals surface area contributed by atoms with E-state index in [0.717, 1.165) is 60.5 Å². The van der Waals surface area contributed by atoms with Gasteiger partial charge in [-0.2, -0.15) is 0 Å². The van der Waals surface area contributed by atoms with Gasteiger partial charge < -0.3 is 10.2 Å². The van der Waals surface area contributed by atoms with Gasteiger partial charge in [-0.05, 0) is 49.4 Å². The Morgan fingerprint density at radius 3 is 2.61 bits per heavy atom. The molecule has 0 saturated carbocycles. The summed E-state index contributed by atoms with van der Waals surface area (Å²) in [5, 5.41) is 23.8. The van der Waals surface area contributed by atoms with E-state index in [1.807, 2.05) is 24.3 Å². The van der Waals surface area contributed by atoms with Crippen LogP contribution in [0.5, 0.6) is 11.5 Å². The minimum atomic E-state index is -0.0259. The number of hydrogen-bond acceptors (Lipinski definition) is 5. The summed E-state index contributed by atoms with van der Waals surface area (Å²) in [4.78, 5) is 0.934. The zero-order valence-electron chi connectivity index (χ0n) is 18.0. The molecule has 0 aliphatic heterocycles. The average molecular weight is 484 g/mol. The number of halogens is 2. The molecular formula is C24H32Cl2N2O2S. The van der Waals surface area contributed by atoms with E-state index < -0.39 is 0 Å². The van der Waals surface area contributed by atoms with Crippen molar-refractivity contribution in [3.63, 3.8) is 0 Å². The molecule has 0 bridgehead atoms. The minimum absolute atomic E-state index is 0.0259. The van der Waals surface area contributed by atoms with Crippen molar-refractivity contribution in [1.29, 1.82) is 0 Å². The molecular weight excluding hydrogens is 451 g/mol. The van der Waals surface area contributed by atoms with E-state index in [-0.39, 0.29) is 11.5 Å². The molecule has 1 aliphatic carbocycles. The van der Waals surface area contributed by atoms with Crippen LogP contribution >= 0.6 is 35.0 Å². The van der Waals surface area contributed by atoms with Gasteiger partial charge in [-0.25, -0.2) is 5.01 Å². The van der Waals surface area contributed by atoms with Crippen LogP contribution in [0.3, 0.4) is 0 Å². The molecule has 1 aliphatic rings. The largest absolute Gasteiger partial charge is 0.504 e. The highest BCUT2D eigenvalue weighted by Crippen LogP contribution is 2.37. The van der Waals surface area contributed by atoms with Crippen molar-refractivity contribution in [1.82, 2.24) is 10.4 Å². The number of aromatic hydroxyl groups is 2. The number of rotatable bonds is 11. The van der Waals surface area contributed by atoms with Crippen LogP contribution in [-0.2, 0) is 12.8 Å². The van der Waals surface area contributed by atoms with Crippen molar-refractivity contribution >= 4 is 35.0 Å². The first-order valence-corrected chi connectivity index (χ1v) is 12.8. The Kier molecular flexibility index (Phi) is 9.67. The van der Waals surface area contributed by atoms with Crippen LogP contribution < -0.4 is 5.43 Å². The normalized spacial score (nSPS) is 15.9. The van der Waals surface area contributed by atoms with Crippen molar-refractivity contribution in [2.75, 3.05) is 18.8 Å². The fourth-order valence-corrected chi connectivity index (χ4v) is 5.67. The van der Waals surface area contributed by atoms with Gasteiger partial charge in [0.05, 0.1) is 10.0 Å². The predicted molar refractivity (Wildman–Crippen MR) is 132 cm³/mol. The fraction of sp³-hybridized carbons (Fsp3) is 0.500.